The van der Waals surface area contributed by atoms with E-state index in [1.807, 2.05) is 6.07 Å². The minimum absolute atomic E-state index is 0.632. The van der Waals surface area contributed by atoms with Gasteiger partial charge in [0.15, 0.2) is 5.11 Å². The maximum absolute atomic E-state index is 5.47. The number of benzene rings is 2. The van der Waals surface area contributed by atoms with Gasteiger partial charge in [-0.05, 0) is 67.7 Å². The largest absolute Gasteiger partial charge is 0.332 e. The number of nitrogens with one attached hydrogen (secondary N) is 2. The summed E-state index contributed by atoms with van der Waals surface area (Å²) in [7, 11) is 0. The van der Waals surface area contributed by atoms with Crippen molar-refractivity contribution < 1.29 is 0 Å². The second kappa shape index (κ2) is 6.72. The molecular formula is C18H22N2S. The van der Waals surface area contributed by atoms with Crippen molar-refractivity contribution in [3.63, 3.8) is 0 Å². The molecule has 2 aromatic carbocycles. The molecule has 0 atom stereocenters. The van der Waals surface area contributed by atoms with E-state index in [-0.39, 0.29) is 0 Å². The monoisotopic (exact) mass is 298 g/mol. The minimum Gasteiger partial charge on any atom is -0.332 e. The zero-order valence-corrected chi connectivity index (χ0v) is 13.9. The van der Waals surface area contributed by atoms with Gasteiger partial charge in [-0.25, -0.2) is 0 Å². The molecule has 3 heteroatoms. The Hall–Kier alpha value is -1.87. The third-order valence-electron chi connectivity index (χ3n) is 3.83. The van der Waals surface area contributed by atoms with Crippen LogP contribution in [-0.4, -0.2) is 5.11 Å². The SMILES string of the molecule is CCc1cccc(C)c1NC(=S)Nc1cccc(C)c1C. The van der Waals surface area contributed by atoms with Crippen LogP contribution in [0.15, 0.2) is 36.4 Å². The summed E-state index contributed by atoms with van der Waals surface area (Å²) in [6.07, 6.45) is 0.982. The fourth-order valence-electron chi connectivity index (χ4n) is 2.36. The molecule has 21 heavy (non-hydrogen) atoms. The van der Waals surface area contributed by atoms with Gasteiger partial charge in [0, 0.05) is 11.4 Å². The fraction of sp³-hybridized carbons (Fsp3) is 0.278. The minimum atomic E-state index is 0.632. The van der Waals surface area contributed by atoms with Crippen LogP contribution in [-0.2, 0) is 6.42 Å². The van der Waals surface area contributed by atoms with Crippen molar-refractivity contribution in [3.05, 3.63) is 58.7 Å². The molecule has 2 rings (SSSR count). The smallest absolute Gasteiger partial charge is 0.175 e. The van der Waals surface area contributed by atoms with Gasteiger partial charge in [0.05, 0.1) is 0 Å². The van der Waals surface area contributed by atoms with Gasteiger partial charge in [-0.2, -0.15) is 0 Å². The lowest BCUT2D eigenvalue weighted by Crippen LogP contribution is -2.21. The van der Waals surface area contributed by atoms with Crippen molar-refractivity contribution in [1.82, 2.24) is 0 Å². The van der Waals surface area contributed by atoms with Crippen LogP contribution in [0.4, 0.5) is 11.4 Å². The lowest BCUT2D eigenvalue weighted by atomic mass is 10.1. The Morgan fingerprint density at radius 3 is 2.33 bits per heavy atom. The van der Waals surface area contributed by atoms with E-state index < -0.39 is 0 Å². The summed E-state index contributed by atoms with van der Waals surface area (Å²) in [5.41, 5.74) is 7.14. The molecule has 0 fully saturated rings. The summed E-state index contributed by atoms with van der Waals surface area (Å²) in [5.74, 6) is 0. The van der Waals surface area contributed by atoms with Gasteiger partial charge < -0.3 is 10.6 Å². The van der Waals surface area contributed by atoms with E-state index in [4.69, 9.17) is 12.2 Å². The number of thiocarbonyl (C=S) groups is 1. The molecule has 0 aliphatic heterocycles. The first-order chi connectivity index (χ1) is 10.0. The van der Waals surface area contributed by atoms with Gasteiger partial charge in [-0.15, -0.1) is 0 Å². The molecule has 2 nitrogen and oxygen atoms in total. The number of hydrogen-bond donors (Lipinski definition) is 2. The van der Waals surface area contributed by atoms with Crippen molar-refractivity contribution in [1.29, 1.82) is 0 Å². The topological polar surface area (TPSA) is 24.1 Å². The van der Waals surface area contributed by atoms with Crippen LogP contribution in [0.1, 0.15) is 29.2 Å². The van der Waals surface area contributed by atoms with Crippen molar-refractivity contribution in [2.45, 2.75) is 34.1 Å². The Labute approximate surface area is 132 Å². The van der Waals surface area contributed by atoms with Gasteiger partial charge >= 0.3 is 0 Å². The average Bonchev–Trinajstić information content (AvgIpc) is 2.46. The first-order valence-corrected chi connectivity index (χ1v) is 7.66. The third kappa shape index (κ3) is 3.61. The number of anilines is 2. The first kappa shape index (κ1) is 15.5. The maximum Gasteiger partial charge on any atom is 0.175 e. The van der Waals surface area contributed by atoms with E-state index >= 15 is 0 Å². The van der Waals surface area contributed by atoms with Crippen molar-refractivity contribution in [3.8, 4) is 0 Å². The predicted molar refractivity (Wildman–Crippen MR) is 96.3 cm³/mol. The van der Waals surface area contributed by atoms with Gasteiger partial charge in [-0.3, -0.25) is 0 Å². The standard InChI is InChI=1S/C18H22N2S/c1-5-15-10-6-9-13(3)17(15)20-18(21)19-16-11-7-8-12(2)14(16)4/h6-11H,5H2,1-4H3,(H2,19,20,21). The van der Waals surface area contributed by atoms with Gasteiger partial charge in [-0.1, -0.05) is 37.3 Å². The van der Waals surface area contributed by atoms with Crippen LogP contribution in [0.2, 0.25) is 0 Å². The summed E-state index contributed by atoms with van der Waals surface area (Å²) in [6.45, 7) is 8.46. The molecule has 0 radical (unpaired) electrons. The summed E-state index contributed by atoms with van der Waals surface area (Å²) in [5, 5.41) is 7.28. The number of hydrogen-bond acceptors (Lipinski definition) is 1. The molecule has 0 bridgehead atoms. The third-order valence-corrected chi connectivity index (χ3v) is 4.04. The highest BCUT2D eigenvalue weighted by Crippen LogP contribution is 2.22. The highest BCUT2D eigenvalue weighted by molar-refractivity contribution is 7.80. The van der Waals surface area contributed by atoms with E-state index in [1.54, 1.807) is 0 Å². The number of rotatable bonds is 3. The average molecular weight is 298 g/mol. The molecular weight excluding hydrogens is 276 g/mol. The van der Waals surface area contributed by atoms with E-state index in [1.165, 1.54) is 22.3 Å². The van der Waals surface area contributed by atoms with Crippen LogP contribution in [0, 0.1) is 20.8 Å². The lowest BCUT2D eigenvalue weighted by Gasteiger charge is -2.17. The predicted octanol–water partition coefficient (Wildman–Crippen LogP) is 4.98. The Balaban J connectivity index is 2.18. The Kier molecular flexibility index (Phi) is 4.97. The number of aryl methyl sites for hydroxylation is 3. The fourth-order valence-corrected chi connectivity index (χ4v) is 2.57. The molecule has 2 N–H and O–H groups in total. The zero-order valence-electron chi connectivity index (χ0n) is 13.1. The van der Waals surface area contributed by atoms with E-state index in [0.717, 1.165) is 17.8 Å². The molecule has 0 aliphatic rings. The summed E-state index contributed by atoms with van der Waals surface area (Å²) in [4.78, 5) is 0. The van der Waals surface area contributed by atoms with Gasteiger partial charge in [0.25, 0.3) is 0 Å². The van der Waals surface area contributed by atoms with Crippen molar-refractivity contribution in [2.75, 3.05) is 10.6 Å². The van der Waals surface area contributed by atoms with E-state index in [9.17, 15) is 0 Å². The van der Waals surface area contributed by atoms with E-state index in [0.29, 0.717) is 5.11 Å². The molecule has 0 heterocycles. The molecule has 0 saturated carbocycles. The lowest BCUT2D eigenvalue weighted by molar-refractivity contribution is 1.13. The van der Waals surface area contributed by atoms with Crippen LogP contribution in [0.3, 0.4) is 0 Å². The molecule has 0 aromatic heterocycles. The summed E-state index contributed by atoms with van der Waals surface area (Å²) >= 11 is 5.47. The Bertz CT molecular complexity index is 662. The van der Waals surface area contributed by atoms with Crippen LogP contribution < -0.4 is 10.6 Å². The van der Waals surface area contributed by atoms with Crippen molar-refractivity contribution >= 4 is 28.7 Å². The van der Waals surface area contributed by atoms with Crippen molar-refractivity contribution in [2.24, 2.45) is 0 Å². The molecule has 2 aromatic rings. The van der Waals surface area contributed by atoms with Gasteiger partial charge in [0.1, 0.15) is 0 Å². The molecule has 0 unspecified atom stereocenters. The Morgan fingerprint density at radius 2 is 1.62 bits per heavy atom. The first-order valence-electron chi connectivity index (χ1n) is 7.25. The quantitative estimate of drug-likeness (QED) is 0.781. The molecule has 0 amide bonds. The molecule has 0 spiro atoms. The molecule has 110 valence electrons. The molecule has 0 aliphatic carbocycles. The molecule has 0 saturated heterocycles. The second-order valence-electron chi connectivity index (χ2n) is 5.29. The summed E-state index contributed by atoms with van der Waals surface area (Å²) in [6, 6.07) is 12.5. The van der Waals surface area contributed by atoms with E-state index in [2.05, 4.69) is 68.7 Å². The highest BCUT2D eigenvalue weighted by Gasteiger charge is 2.07. The second-order valence-corrected chi connectivity index (χ2v) is 5.70. The van der Waals surface area contributed by atoms with Crippen LogP contribution >= 0.6 is 12.2 Å². The maximum atomic E-state index is 5.47. The highest BCUT2D eigenvalue weighted by atomic mass is 32.1. The Morgan fingerprint density at radius 1 is 0.952 bits per heavy atom. The van der Waals surface area contributed by atoms with Gasteiger partial charge in [0.2, 0.25) is 0 Å². The number of para-hydroxylation sites is 1. The summed E-state index contributed by atoms with van der Waals surface area (Å²) < 4.78 is 0. The van der Waals surface area contributed by atoms with Crippen LogP contribution in [0.25, 0.3) is 0 Å². The zero-order chi connectivity index (χ0) is 15.4. The normalized spacial score (nSPS) is 10.3. The van der Waals surface area contributed by atoms with Crippen LogP contribution in [0.5, 0.6) is 0 Å².